The Hall–Kier alpha value is -3.85. The van der Waals surface area contributed by atoms with Crippen molar-refractivity contribution in [1.29, 1.82) is 0 Å². The first-order valence-electron chi connectivity index (χ1n) is 11.7. The average molecular weight is 586 g/mol. The topological polar surface area (TPSA) is 81.7 Å². The average Bonchev–Trinajstić information content (AvgIpc) is 3.28. The minimum absolute atomic E-state index is 0.174. The minimum Gasteiger partial charge on any atom is -0.489 e. The summed E-state index contributed by atoms with van der Waals surface area (Å²) >= 11 is 2.38. The van der Waals surface area contributed by atoms with Gasteiger partial charge in [0.1, 0.15) is 12.4 Å². The van der Waals surface area contributed by atoms with Crippen LogP contribution >= 0.6 is 22.6 Å². The lowest BCUT2D eigenvalue weighted by atomic mass is 9.96. The highest BCUT2D eigenvalue weighted by atomic mass is 127. The van der Waals surface area contributed by atoms with Gasteiger partial charge in [-0.1, -0.05) is 77.2 Å². The number of nitrogens with two attached hydrogens (primary N) is 1. The highest BCUT2D eigenvalue weighted by Gasteiger charge is 2.28. The van der Waals surface area contributed by atoms with Crippen molar-refractivity contribution >= 4 is 39.7 Å². The van der Waals surface area contributed by atoms with Crippen molar-refractivity contribution < 1.29 is 9.53 Å². The number of anilines is 1. The molecular weight excluding hydrogens is 563 g/mol. The van der Waals surface area contributed by atoms with Gasteiger partial charge in [-0.2, -0.15) is 5.10 Å². The molecule has 1 aliphatic rings. The van der Waals surface area contributed by atoms with Crippen molar-refractivity contribution in [2.75, 3.05) is 5.32 Å². The number of ether oxygens (including phenoxy) is 1. The van der Waals surface area contributed by atoms with Gasteiger partial charge in [0.25, 0.3) is 5.91 Å². The third-order valence-corrected chi connectivity index (χ3v) is 7.46. The molecule has 0 bridgehead atoms. The van der Waals surface area contributed by atoms with E-state index in [0.29, 0.717) is 12.2 Å². The number of nitrogens with one attached hydrogen (secondary N) is 1. The van der Waals surface area contributed by atoms with Crippen LogP contribution in [-0.2, 0) is 11.0 Å². The zero-order valence-corrected chi connectivity index (χ0v) is 21.5. The van der Waals surface area contributed by atoms with Crippen molar-refractivity contribution in [3.05, 3.63) is 119 Å². The molecule has 1 aliphatic heterocycles. The maximum atomic E-state index is 12.4. The Morgan fingerprint density at radius 3 is 2.67 bits per heavy atom. The van der Waals surface area contributed by atoms with Gasteiger partial charge in [0.05, 0.1) is 23.3 Å². The number of primary amides is 1. The summed E-state index contributed by atoms with van der Waals surface area (Å²) in [6, 6.07) is 26.4. The Labute approximate surface area is 222 Å². The van der Waals surface area contributed by atoms with Crippen LogP contribution in [0.4, 0.5) is 5.69 Å². The fourth-order valence-corrected chi connectivity index (χ4v) is 5.64. The second-order valence-electron chi connectivity index (χ2n) is 8.75. The van der Waals surface area contributed by atoms with Crippen LogP contribution in [0, 0.1) is 0 Å². The van der Waals surface area contributed by atoms with Crippen LogP contribution in [0.2, 0.25) is 0 Å². The molecule has 0 aliphatic carbocycles. The van der Waals surface area contributed by atoms with E-state index < -0.39 is 5.91 Å². The number of hydrogen-bond donors (Lipinski definition) is 2. The molecule has 36 heavy (non-hydrogen) atoms. The fourth-order valence-electron chi connectivity index (χ4n) is 4.89. The zero-order valence-electron chi connectivity index (χ0n) is 19.3. The Kier molecular flexibility index (Phi) is 5.85. The van der Waals surface area contributed by atoms with Gasteiger partial charge in [-0.05, 0) is 41.0 Å². The smallest absolute Gasteiger partial charge is 0.251 e. The maximum absolute atomic E-state index is 12.4. The summed E-state index contributed by atoms with van der Waals surface area (Å²) in [6.07, 6.45) is 3.47. The Morgan fingerprint density at radius 1 is 1.03 bits per heavy atom. The first-order chi connectivity index (χ1) is 17.6. The van der Waals surface area contributed by atoms with E-state index in [1.165, 1.54) is 11.1 Å². The summed E-state index contributed by atoms with van der Waals surface area (Å²) in [4.78, 5) is 12.4. The number of rotatable bonds is 6. The fraction of sp³-hybridized carbons (Fsp3) is 0.103. The lowest BCUT2D eigenvalue weighted by molar-refractivity contribution is 0.100. The van der Waals surface area contributed by atoms with Crippen molar-refractivity contribution in [1.82, 2.24) is 9.61 Å². The summed E-state index contributed by atoms with van der Waals surface area (Å²) in [7, 11) is 0. The molecule has 5 aromatic rings. The van der Waals surface area contributed by atoms with Crippen LogP contribution < -0.4 is 15.8 Å². The predicted octanol–water partition coefficient (Wildman–Crippen LogP) is 6.13. The first-order valence-corrected chi connectivity index (χ1v) is 13.2. The highest BCUT2D eigenvalue weighted by molar-refractivity contribution is 14.1. The lowest BCUT2D eigenvalue weighted by Crippen LogP contribution is -2.14. The van der Waals surface area contributed by atoms with Gasteiger partial charge in [-0.15, -0.1) is 0 Å². The Balaban J connectivity index is 1.44. The second kappa shape index (κ2) is 9.31. The Bertz CT molecular complexity index is 1610. The summed E-state index contributed by atoms with van der Waals surface area (Å²) in [5, 5.41) is 8.17. The van der Waals surface area contributed by atoms with E-state index in [-0.39, 0.29) is 6.04 Å². The third-order valence-electron chi connectivity index (χ3n) is 6.64. The molecule has 6 nitrogen and oxygen atoms in total. The quantitative estimate of drug-likeness (QED) is 0.185. The molecule has 3 heterocycles. The minimum atomic E-state index is -0.498. The molecule has 3 N–H and O–H groups in total. The molecule has 1 amide bonds. The number of nitrogens with zero attached hydrogens (tertiary/aromatic N) is 2. The molecule has 0 spiro atoms. The van der Waals surface area contributed by atoms with Crippen molar-refractivity contribution in [2.24, 2.45) is 5.73 Å². The van der Waals surface area contributed by atoms with E-state index in [9.17, 15) is 4.79 Å². The summed E-state index contributed by atoms with van der Waals surface area (Å²) < 4.78 is 8.98. The van der Waals surface area contributed by atoms with Crippen LogP contribution in [-0.4, -0.2) is 15.5 Å². The van der Waals surface area contributed by atoms with Gasteiger partial charge in [0.15, 0.2) is 0 Å². The number of para-hydroxylation sites is 1. The number of amides is 1. The van der Waals surface area contributed by atoms with Gasteiger partial charge < -0.3 is 15.8 Å². The number of benzene rings is 3. The second-order valence-corrected chi connectivity index (χ2v) is 9.51. The molecule has 6 rings (SSSR count). The van der Waals surface area contributed by atoms with Crippen molar-refractivity contribution in [3.63, 3.8) is 0 Å². The normalized spacial score (nSPS) is 14.1. The monoisotopic (exact) mass is 586 g/mol. The number of carbonyl (C=O) groups is 1. The first kappa shape index (κ1) is 22.6. The van der Waals surface area contributed by atoms with Gasteiger partial charge in [0, 0.05) is 33.0 Å². The van der Waals surface area contributed by atoms with E-state index in [1.807, 2.05) is 59.2 Å². The van der Waals surface area contributed by atoms with Crippen LogP contribution in [0.5, 0.6) is 5.75 Å². The molecule has 1 unspecified atom stereocenters. The third kappa shape index (κ3) is 3.89. The molecule has 0 radical (unpaired) electrons. The SMILES string of the molecule is NC(=O)c1cnn2ccc3c2c1-c1ccccc1NC3c1cccc(OCc2ccccc2CI)c1. The van der Waals surface area contributed by atoms with Crippen LogP contribution in [0.25, 0.3) is 16.6 Å². The van der Waals surface area contributed by atoms with E-state index in [2.05, 4.69) is 63.3 Å². The molecule has 0 fully saturated rings. The van der Waals surface area contributed by atoms with Gasteiger partial charge >= 0.3 is 0 Å². The van der Waals surface area contributed by atoms with Crippen LogP contribution in [0.3, 0.4) is 0 Å². The standard InChI is InChI=1S/C29H23IN4O2/c30-15-19-6-1-2-7-20(19)17-36-21-9-5-8-18(14-21)27-23-12-13-34-28(23)26(24(16-32-34)29(31)35)22-10-3-4-11-25(22)33-27/h1-14,16,27,33H,15,17H2,(H2,31,35). The summed E-state index contributed by atoms with van der Waals surface area (Å²) in [6.45, 7) is 0.509. The number of carbonyl (C=O) groups excluding carboxylic acids is 1. The number of hydrogen-bond acceptors (Lipinski definition) is 4. The number of halogens is 1. The van der Waals surface area contributed by atoms with E-state index in [4.69, 9.17) is 10.5 Å². The number of fused-ring (bicyclic) bond motifs is 2. The molecule has 178 valence electrons. The lowest BCUT2D eigenvalue weighted by Gasteiger charge is -2.20. The molecule has 0 saturated heterocycles. The molecule has 2 aromatic heterocycles. The highest BCUT2D eigenvalue weighted by Crippen LogP contribution is 2.43. The van der Waals surface area contributed by atoms with Crippen molar-refractivity contribution in [2.45, 2.75) is 17.1 Å². The maximum Gasteiger partial charge on any atom is 0.251 e. The van der Waals surface area contributed by atoms with Gasteiger partial charge in [-0.25, -0.2) is 4.52 Å². The van der Waals surface area contributed by atoms with E-state index in [1.54, 1.807) is 6.20 Å². The zero-order chi connectivity index (χ0) is 24.6. The summed E-state index contributed by atoms with van der Waals surface area (Å²) in [5.74, 6) is 0.303. The Morgan fingerprint density at radius 2 is 1.83 bits per heavy atom. The summed E-state index contributed by atoms with van der Waals surface area (Å²) in [5.41, 5.74) is 14.2. The van der Waals surface area contributed by atoms with E-state index >= 15 is 0 Å². The largest absolute Gasteiger partial charge is 0.489 e. The van der Waals surface area contributed by atoms with Crippen molar-refractivity contribution in [3.8, 4) is 16.9 Å². The van der Waals surface area contributed by atoms with E-state index in [0.717, 1.165) is 43.6 Å². The number of alkyl halides is 1. The van der Waals surface area contributed by atoms with Gasteiger partial charge in [-0.3, -0.25) is 4.79 Å². The predicted molar refractivity (Wildman–Crippen MR) is 150 cm³/mol. The molecule has 7 heteroatoms. The van der Waals surface area contributed by atoms with Crippen LogP contribution in [0.1, 0.15) is 38.7 Å². The van der Waals surface area contributed by atoms with Crippen LogP contribution in [0.15, 0.2) is 91.3 Å². The molecule has 1 atom stereocenters. The number of aromatic nitrogens is 2. The molecule has 0 saturated carbocycles. The van der Waals surface area contributed by atoms with Gasteiger partial charge in [0.2, 0.25) is 0 Å². The molecular formula is C29H23IN4O2. The molecule has 3 aromatic carbocycles.